The van der Waals surface area contributed by atoms with E-state index in [2.05, 4.69) is 15.3 Å². The number of nitrogens with zero attached hydrogens (tertiary/aromatic N) is 1. The van der Waals surface area contributed by atoms with E-state index < -0.39 is 16.0 Å². The van der Waals surface area contributed by atoms with Gasteiger partial charge in [-0.1, -0.05) is 0 Å². The summed E-state index contributed by atoms with van der Waals surface area (Å²) in [4.78, 5) is 29.2. The number of hydrogen-bond donors (Lipinski definition) is 4. The molecule has 0 aliphatic carbocycles. The van der Waals surface area contributed by atoms with Crippen LogP contribution in [0.2, 0.25) is 0 Å². The van der Waals surface area contributed by atoms with E-state index in [0.717, 1.165) is 12.0 Å². The second-order valence-corrected chi connectivity index (χ2v) is 9.55. The number of carboxylic acids is 1. The first kappa shape index (κ1) is 20.6. The zero-order valence-corrected chi connectivity index (χ0v) is 17.4. The van der Waals surface area contributed by atoms with Crippen LogP contribution in [0.4, 0.5) is 0 Å². The molecule has 30 heavy (non-hydrogen) atoms. The molecule has 4 N–H and O–H groups in total. The first-order valence-electron chi connectivity index (χ1n) is 9.86. The minimum absolute atomic E-state index is 0.0228. The number of aromatic amines is 2. The second kappa shape index (κ2) is 7.86. The summed E-state index contributed by atoms with van der Waals surface area (Å²) >= 11 is 0. The summed E-state index contributed by atoms with van der Waals surface area (Å²) in [7, 11) is -1.84. The van der Waals surface area contributed by atoms with E-state index in [0.29, 0.717) is 47.7 Å². The molecule has 3 aromatic rings. The van der Waals surface area contributed by atoms with E-state index in [4.69, 9.17) is 5.11 Å². The van der Waals surface area contributed by atoms with Crippen LogP contribution in [0.15, 0.2) is 34.1 Å². The van der Waals surface area contributed by atoms with E-state index in [1.165, 1.54) is 10.4 Å². The molecule has 160 valence electrons. The highest BCUT2D eigenvalue weighted by Crippen LogP contribution is 2.29. The highest BCUT2D eigenvalue weighted by molar-refractivity contribution is 7.89. The van der Waals surface area contributed by atoms with Gasteiger partial charge in [0.1, 0.15) is 5.52 Å². The molecule has 0 spiro atoms. The Morgan fingerprint density at radius 2 is 2.17 bits per heavy atom. The highest BCUT2D eigenvalue weighted by atomic mass is 32.2. The molecule has 1 aliphatic heterocycles. The van der Waals surface area contributed by atoms with Crippen molar-refractivity contribution in [3.8, 4) is 0 Å². The molecule has 1 unspecified atom stereocenters. The standard InChI is InChI=1S/C20H24N4O5S/c1-21-13-7-8-24(11-13)30(28,29)14-5-6-16-15(9-14)18-12(3-2-4-17(25)26)10-22-19(18)20(27)23-16/h5-6,9-10,13,21-22H,2-4,7-8,11H2,1H3,(H,23,27)(H,25,26). The number of rotatable bonds is 7. The van der Waals surface area contributed by atoms with Crippen LogP contribution in [0.5, 0.6) is 0 Å². The van der Waals surface area contributed by atoms with Gasteiger partial charge in [0.25, 0.3) is 5.56 Å². The lowest BCUT2D eigenvalue weighted by atomic mass is 10.0. The van der Waals surface area contributed by atoms with E-state index in [1.807, 2.05) is 7.05 Å². The molecule has 1 saturated heterocycles. The molecule has 9 nitrogen and oxygen atoms in total. The van der Waals surface area contributed by atoms with Crippen LogP contribution in [-0.2, 0) is 21.2 Å². The number of hydrogen-bond acceptors (Lipinski definition) is 5. The number of benzene rings is 1. The van der Waals surface area contributed by atoms with Gasteiger partial charge in [-0.2, -0.15) is 4.31 Å². The van der Waals surface area contributed by atoms with Gasteiger partial charge in [0.05, 0.1) is 4.90 Å². The van der Waals surface area contributed by atoms with Gasteiger partial charge in [-0.15, -0.1) is 0 Å². The molecule has 0 radical (unpaired) electrons. The molecule has 10 heteroatoms. The van der Waals surface area contributed by atoms with Crippen LogP contribution >= 0.6 is 0 Å². The first-order valence-corrected chi connectivity index (χ1v) is 11.3. The van der Waals surface area contributed by atoms with Crippen molar-refractivity contribution in [2.45, 2.75) is 36.6 Å². The number of aryl methyl sites for hydroxylation is 1. The number of likely N-dealkylation sites (N-methyl/N-ethyl adjacent to an activating group) is 1. The summed E-state index contributed by atoms with van der Waals surface area (Å²) < 4.78 is 27.8. The predicted octanol–water partition coefficient (Wildman–Crippen LogP) is 1.40. The molecule has 1 aromatic carbocycles. The monoisotopic (exact) mass is 432 g/mol. The van der Waals surface area contributed by atoms with Gasteiger partial charge < -0.3 is 20.4 Å². The first-order chi connectivity index (χ1) is 14.3. The summed E-state index contributed by atoms with van der Waals surface area (Å²) in [5.41, 5.74) is 1.40. The average Bonchev–Trinajstić information content (AvgIpc) is 3.35. The fraction of sp³-hybridized carbons (Fsp3) is 0.400. The SMILES string of the molecule is CNC1CCN(S(=O)(=O)c2ccc3[nH]c(=O)c4[nH]cc(CCCC(=O)O)c4c3c2)C1. The Labute approximate surface area is 173 Å². The number of nitrogens with one attached hydrogen (secondary N) is 3. The van der Waals surface area contributed by atoms with Crippen molar-refractivity contribution in [3.63, 3.8) is 0 Å². The fourth-order valence-corrected chi connectivity index (χ4v) is 5.62. The van der Waals surface area contributed by atoms with Crippen LogP contribution in [0, 0.1) is 0 Å². The van der Waals surface area contributed by atoms with E-state index in [-0.39, 0.29) is 22.9 Å². The highest BCUT2D eigenvalue weighted by Gasteiger charge is 2.32. The molecule has 4 rings (SSSR count). The topological polar surface area (TPSA) is 135 Å². The predicted molar refractivity (Wildman–Crippen MR) is 113 cm³/mol. The Balaban J connectivity index is 1.80. The van der Waals surface area contributed by atoms with Gasteiger partial charge in [0, 0.05) is 48.0 Å². The quantitative estimate of drug-likeness (QED) is 0.446. The molecule has 0 amide bonds. The Morgan fingerprint density at radius 3 is 2.87 bits per heavy atom. The molecule has 1 aliphatic rings. The number of carbonyl (C=O) groups is 1. The van der Waals surface area contributed by atoms with Gasteiger partial charge in [-0.25, -0.2) is 8.42 Å². The van der Waals surface area contributed by atoms with Crippen LogP contribution in [0.25, 0.3) is 21.8 Å². The van der Waals surface area contributed by atoms with Crippen LogP contribution in [-0.4, -0.2) is 59.9 Å². The lowest BCUT2D eigenvalue weighted by molar-refractivity contribution is -0.137. The summed E-state index contributed by atoms with van der Waals surface area (Å²) in [5.74, 6) is -0.878. The summed E-state index contributed by atoms with van der Waals surface area (Å²) in [5, 5.41) is 13.3. The number of fused-ring (bicyclic) bond motifs is 3. The average molecular weight is 433 g/mol. The minimum Gasteiger partial charge on any atom is -0.481 e. The lowest BCUT2D eigenvalue weighted by Gasteiger charge is -2.17. The zero-order valence-electron chi connectivity index (χ0n) is 16.6. The van der Waals surface area contributed by atoms with E-state index in [1.54, 1.807) is 18.3 Å². The van der Waals surface area contributed by atoms with E-state index >= 15 is 0 Å². The third-order valence-corrected chi connectivity index (χ3v) is 7.59. The Bertz CT molecular complexity index is 1280. The maximum absolute atomic E-state index is 13.2. The second-order valence-electron chi connectivity index (χ2n) is 7.61. The number of carboxylic acid groups (broad SMARTS) is 1. The van der Waals surface area contributed by atoms with Crippen LogP contribution < -0.4 is 10.9 Å². The van der Waals surface area contributed by atoms with Crippen molar-refractivity contribution < 1.29 is 18.3 Å². The zero-order chi connectivity index (χ0) is 21.5. The number of aliphatic carboxylic acids is 1. The van der Waals surface area contributed by atoms with Gasteiger partial charge in [0.2, 0.25) is 10.0 Å². The Hall–Kier alpha value is -2.69. The molecular formula is C20H24N4O5S. The molecule has 2 aromatic heterocycles. The van der Waals surface area contributed by atoms with Crippen molar-refractivity contribution in [3.05, 3.63) is 40.3 Å². The number of aromatic nitrogens is 2. The summed E-state index contributed by atoms with van der Waals surface area (Å²) in [6.45, 7) is 0.875. The molecule has 1 atom stereocenters. The summed E-state index contributed by atoms with van der Waals surface area (Å²) in [6.07, 6.45) is 3.37. The summed E-state index contributed by atoms with van der Waals surface area (Å²) in [6, 6.07) is 4.87. The normalized spacial score (nSPS) is 17.8. The van der Waals surface area contributed by atoms with E-state index in [9.17, 15) is 18.0 Å². The maximum atomic E-state index is 13.2. The van der Waals surface area contributed by atoms with Gasteiger partial charge >= 0.3 is 5.97 Å². The lowest BCUT2D eigenvalue weighted by Crippen LogP contribution is -2.33. The minimum atomic E-state index is -3.66. The van der Waals surface area contributed by atoms with Crippen molar-refractivity contribution in [2.75, 3.05) is 20.1 Å². The van der Waals surface area contributed by atoms with Crippen molar-refractivity contribution in [1.82, 2.24) is 19.6 Å². The third-order valence-electron chi connectivity index (χ3n) is 5.73. The largest absolute Gasteiger partial charge is 0.481 e. The molecule has 0 bridgehead atoms. The van der Waals surface area contributed by atoms with Crippen molar-refractivity contribution in [1.29, 1.82) is 0 Å². The third kappa shape index (κ3) is 3.62. The number of sulfonamides is 1. The molecule has 1 fully saturated rings. The maximum Gasteiger partial charge on any atom is 0.303 e. The van der Waals surface area contributed by atoms with Gasteiger partial charge in [-0.3, -0.25) is 9.59 Å². The van der Waals surface area contributed by atoms with Gasteiger partial charge in [0.15, 0.2) is 0 Å². The van der Waals surface area contributed by atoms with Crippen molar-refractivity contribution in [2.24, 2.45) is 0 Å². The molecule has 0 saturated carbocycles. The van der Waals surface area contributed by atoms with Crippen LogP contribution in [0.1, 0.15) is 24.8 Å². The van der Waals surface area contributed by atoms with Gasteiger partial charge in [-0.05, 0) is 50.1 Å². The Morgan fingerprint density at radius 1 is 1.37 bits per heavy atom. The smallest absolute Gasteiger partial charge is 0.303 e. The van der Waals surface area contributed by atoms with Crippen molar-refractivity contribution >= 4 is 37.8 Å². The molecular weight excluding hydrogens is 408 g/mol. The molecule has 3 heterocycles. The van der Waals surface area contributed by atoms with Crippen LogP contribution in [0.3, 0.4) is 0 Å². The Kier molecular flexibility index (Phi) is 5.39. The number of pyridine rings is 1. The fourth-order valence-electron chi connectivity index (χ4n) is 4.09. The number of H-pyrrole nitrogens is 2.